The van der Waals surface area contributed by atoms with E-state index in [1.54, 1.807) is 0 Å². The Morgan fingerprint density at radius 3 is 2.64 bits per heavy atom. The van der Waals surface area contributed by atoms with Crippen LogP contribution in [0.1, 0.15) is 41.1 Å². The molecular formula is C23H26N2O3. The molecule has 5 heteroatoms. The van der Waals surface area contributed by atoms with Gasteiger partial charge in [-0.2, -0.15) is 0 Å². The molecule has 0 unspecified atom stereocenters. The summed E-state index contributed by atoms with van der Waals surface area (Å²) in [4.78, 5) is 19.2. The third-order valence-corrected chi connectivity index (χ3v) is 5.54. The Morgan fingerprint density at radius 1 is 1.11 bits per heavy atom. The Morgan fingerprint density at radius 2 is 1.89 bits per heavy atom. The molecule has 2 aromatic carbocycles. The number of carbonyl (C=O) groups excluding carboxylic acids is 1. The number of oxazole rings is 1. The number of hydrogen-bond donors (Lipinski definition) is 1. The molecule has 0 radical (unpaired) electrons. The summed E-state index contributed by atoms with van der Waals surface area (Å²) in [5.41, 5.74) is 3.44. The number of nitrogens with zero attached hydrogens (tertiary/aromatic N) is 2. The maximum atomic E-state index is 12.8. The first-order chi connectivity index (χ1) is 13.7. The average molecular weight is 378 g/mol. The average Bonchev–Trinajstić information content (AvgIpc) is 3.16. The summed E-state index contributed by atoms with van der Waals surface area (Å²) in [7, 11) is 0. The third-order valence-electron chi connectivity index (χ3n) is 5.54. The zero-order valence-corrected chi connectivity index (χ0v) is 16.0. The van der Waals surface area contributed by atoms with Crippen LogP contribution in [0.2, 0.25) is 0 Å². The van der Waals surface area contributed by atoms with Gasteiger partial charge in [-0.25, -0.2) is 4.98 Å². The number of fused-ring (bicyclic) bond motifs is 1. The van der Waals surface area contributed by atoms with E-state index in [0.717, 1.165) is 49.1 Å². The quantitative estimate of drug-likeness (QED) is 0.708. The molecule has 1 aromatic heterocycles. The van der Waals surface area contributed by atoms with Gasteiger partial charge in [-0.15, -0.1) is 0 Å². The van der Waals surface area contributed by atoms with E-state index in [9.17, 15) is 9.90 Å². The number of aliphatic hydroxyl groups excluding tert-OH is 1. The molecule has 3 aromatic rings. The molecule has 0 saturated carbocycles. The van der Waals surface area contributed by atoms with Crippen LogP contribution < -0.4 is 0 Å². The Bertz CT molecular complexity index is 927. The highest BCUT2D eigenvalue weighted by Crippen LogP contribution is 2.22. The van der Waals surface area contributed by atoms with Gasteiger partial charge in [-0.1, -0.05) is 30.3 Å². The molecule has 0 atom stereocenters. The fourth-order valence-corrected chi connectivity index (χ4v) is 3.80. The molecule has 1 N–H and O–H groups in total. The first-order valence-electron chi connectivity index (χ1n) is 10.1. The van der Waals surface area contributed by atoms with Gasteiger partial charge in [0.05, 0.1) is 0 Å². The van der Waals surface area contributed by atoms with Crippen molar-refractivity contribution in [1.29, 1.82) is 0 Å². The summed E-state index contributed by atoms with van der Waals surface area (Å²) >= 11 is 0. The van der Waals surface area contributed by atoms with Crippen LogP contribution in [0.5, 0.6) is 0 Å². The molecule has 2 heterocycles. The molecule has 0 spiro atoms. The minimum Gasteiger partial charge on any atom is -0.441 e. The summed E-state index contributed by atoms with van der Waals surface area (Å²) in [6.07, 6.45) is 4.47. The van der Waals surface area contributed by atoms with Crippen LogP contribution in [0.3, 0.4) is 0 Å². The number of aryl methyl sites for hydroxylation is 2. The van der Waals surface area contributed by atoms with Crippen molar-refractivity contribution in [3.63, 3.8) is 0 Å². The highest BCUT2D eigenvalue weighted by atomic mass is 16.3. The topological polar surface area (TPSA) is 66.6 Å². The summed E-state index contributed by atoms with van der Waals surface area (Å²) in [5.74, 6) is 1.08. The number of hydrogen-bond acceptors (Lipinski definition) is 4. The number of likely N-dealkylation sites (tertiary alicyclic amines) is 1. The zero-order chi connectivity index (χ0) is 19.3. The fourth-order valence-electron chi connectivity index (χ4n) is 3.80. The first-order valence-corrected chi connectivity index (χ1v) is 10.1. The minimum absolute atomic E-state index is 0.0342. The fraction of sp³-hybridized carbons (Fsp3) is 0.391. The van der Waals surface area contributed by atoms with Crippen LogP contribution in [0.4, 0.5) is 0 Å². The Balaban J connectivity index is 1.39. The van der Waals surface area contributed by atoms with E-state index in [1.807, 2.05) is 29.2 Å². The normalized spacial score (nSPS) is 15.2. The molecule has 1 fully saturated rings. The maximum Gasteiger partial charge on any atom is 0.253 e. The number of carbonyl (C=O) groups is 1. The molecule has 1 aliphatic heterocycles. The summed E-state index contributed by atoms with van der Waals surface area (Å²) < 4.78 is 5.85. The molecule has 1 saturated heterocycles. The van der Waals surface area contributed by atoms with Gasteiger partial charge in [0, 0.05) is 31.7 Å². The van der Waals surface area contributed by atoms with E-state index in [-0.39, 0.29) is 12.5 Å². The first kappa shape index (κ1) is 18.7. The van der Waals surface area contributed by atoms with Crippen LogP contribution in [-0.4, -0.2) is 40.6 Å². The van der Waals surface area contributed by atoms with E-state index in [2.05, 4.69) is 29.2 Å². The van der Waals surface area contributed by atoms with E-state index >= 15 is 0 Å². The predicted molar refractivity (Wildman–Crippen MR) is 108 cm³/mol. The standard InChI is InChI=1S/C23H26N2O3/c26-16-18-11-13-25(14-12-18)23(27)19-9-10-21-20(15-19)24-22(28-21)8-4-7-17-5-2-1-3-6-17/h1-3,5-6,9-10,15,18,26H,4,7-8,11-14,16H2. The predicted octanol–water partition coefficient (Wildman–Crippen LogP) is 3.85. The number of amides is 1. The molecular weight excluding hydrogens is 352 g/mol. The van der Waals surface area contributed by atoms with E-state index in [0.29, 0.717) is 24.6 Å². The molecule has 1 aliphatic rings. The molecule has 1 amide bonds. The highest BCUT2D eigenvalue weighted by Gasteiger charge is 2.23. The van der Waals surface area contributed by atoms with E-state index in [1.165, 1.54) is 5.56 Å². The Hall–Kier alpha value is -2.66. The van der Waals surface area contributed by atoms with Crippen molar-refractivity contribution in [1.82, 2.24) is 9.88 Å². The number of benzene rings is 2. The van der Waals surface area contributed by atoms with E-state index < -0.39 is 0 Å². The Kier molecular flexibility index (Phi) is 5.72. The zero-order valence-electron chi connectivity index (χ0n) is 16.0. The van der Waals surface area contributed by atoms with Crippen molar-refractivity contribution in [3.8, 4) is 0 Å². The summed E-state index contributed by atoms with van der Waals surface area (Å²) in [6, 6.07) is 15.9. The molecule has 28 heavy (non-hydrogen) atoms. The van der Waals surface area contributed by atoms with Gasteiger partial charge in [0.2, 0.25) is 0 Å². The van der Waals surface area contributed by atoms with Crippen LogP contribution in [-0.2, 0) is 12.8 Å². The largest absolute Gasteiger partial charge is 0.441 e. The molecule has 5 nitrogen and oxygen atoms in total. The second kappa shape index (κ2) is 8.57. The lowest BCUT2D eigenvalue weighted by Gasteiger charge is -2.31. The second-order valence-corrected chi connectivity index (χ2v) is 7.55. The van der Waals surface area contributed by atoms with Gasteiger partial charge < -0.3 is 14.4 Å². The Labute approximate surface area is 165 Å². The van der Waals surface area contributed by atoms with Crippen LogP contribution in [0.15, 0.2) is 52.9 Å². The lowest BCUT2D eigenvalue weighted by atomic mass is 9.97. The van der Waals surface area contributed by atoms with Gasteiger partial charge in [-0.3, -0.25) is 4.79 Å². The van der Waals surface area contributed by atoms with Crippen molar-refractivity contribution in [2.75, 3.05) is 19.7 Å². The lowest BCUT2D eigenvalue weighted by Crippen LogP contribution is -2.39. The van der Waals surface area contributed by atoms with Crippen LogP contribution in [0, 0.1) is 5.92 Å². The third kappa shape index (κ3) is 4.25. The number of aromatic nitrogens is 1. The van der Waals surface area contributed by atoms with Crippen molar-refractivity contribution in [3.05, 3.63) is 65.5 Å². The van der Waals surface area contributed by atoms with Crippen LogP contribution in [0.25, 0.3) is 11.1 Å². The van der Waals surface area contributed by atoms with Crippen molar-refractivity contribution >= 4 is 17.0 Å². The molecule has 0 bridgehead atoms. The van der Waals surface area contributed by atoms with Gasteiger partial charge in [0.15, 0.2) is 11.5 Å². The van der Waals surface area contributed by atoms with Crippen LogP contribution >= 0.6 is 0 Å². The second-order valence-electron chi connectivity index (χ2n) is 7.55. The highest BCUT2D eigenvalue weighted by molar-refractivity contribution is 5.97. The van der Waals surface area contributed by atoms with E-state index in [4.69, 9.17) is 4.42 Å². The molecule has 146 valence electrons. The summed E-state index contributed by atoms with van der Waals surface area (Å²) in [5, 5.41) is 9.26. The SMILES string of the molecule is O=C(c1ccc2oc(CCCc3ccccc3)nc2c1)N1CCC(CO)CC1. The van der Waals surface area contributed by atoms with Gasteiger partial charge in [-0.05, 0) is 55.4 Å². The monoisotopic (exact) mass is 378 g/mol. The lowest BCUT2D eigenvalue weighted by molar-refractivity contribution is 0.0651. The number of rotatable bonds is 6. The number of piperidine rings is 1. The van der Waals surface area contributed by atoms with Gasteiger partial charge in [0.1, 0.15) is 5.52 Å². The van der Waals surface area contributed by atoms with Gasteiger partial charge in [0.25, 0.3) is 5.91 Å². The number of aliphatic hydroxyl groups is 1. The smallest absolute Gasteiger partial charge is 0.253 e. The maximum absolute atomic E-state index is 12.8. The van der Waals surface area contributed by atoms with Crippen molar-refractivity contribution in [2.45, 2.75) is 32.1 Å². The van der Waals surface area contributed by atoms with Crippen molar-refractivity contribution in [2.24, 2.45) is 5.92 Å². The summed E-state index contributed by atoms with van der Waals surface area (Å²) in [6.45, 7) is 1.61. The molecule has 0 aliphatic carbocycles. The van der Waals surface area contributed by atoms with Gasteiger partial charge >= 0.3 is 0 Å². The minimum atomic E-state index is 0.0342. The van der Waals surface area contributed by atoms with Crippen molar-refractivity contribution < 1.29 is 14.3 Å². The molecule has 4 rings (SSSR count).